The molecule has 0 unspecified atom stereocenters. The Bertz CT molecular complexity index is 307. The first-order valence-electron chi connectivity index (χ1n) is 3.66. The highest BCUT2D eigenvalue weighted by molar-refractivity contribution is 5.85. The average Bonchev–Trinajstić information content (AvgIpc) is 2.47. The SMILES string of the molecule is CCn1ccnc1C=CC(=O)O.Cl. The number of carbonyl (C=O) groups is 1. The summed E-state index contributed by atoms with van der Waals surface area (Å²) in [6.45, 7) is 2.76. The number of aryl methyl sites for hydroxylation is 1. The van der Waals surface area contributed by atoms with Crippen molar-refractivity contribution in [2.75, 3.05) is 0 Å². The van der Waals surface area contributed by atoms with Crippen LogP contribution in [0.4, 0.5) is 0 Å². The Hall–Kier alpha value is -1.29. The third-order valence-corrected chi connectivity index (χ3v) is 1.46. The van der Waals surface area contributed by atoms with Crippen LogP contribution in [-0.4, -0.2) is 20.6 Å². The molecule has 0 fully saturated rings. The molecule has 5 heteroatoms. The first-order chi connectivity index (χ1) is 5.74. The van der Waals surface area contributed by atoms with Gasteiger partial charge in [-0.2, -0.15) is 0 Å². The molecule has 0 aliphatic carbocycles. The molecule has 0 spiro atoms. The van der Waals surface area contributed by atoms with Crippen molar-refractivity contribution in [2.45, 2.75) is 13.5 Å². The molecule has 1 rings (SSSR count). The maximum atomic E-state index is 10.2. The monoisotopic (exact) mass is 202 g/mol. The molecule has 0 bridgehead atoms. The zero-order valence-corrected chi connectivity index (χ0v) is 7.99. The Morgan fingerprint density at radius 2 is 2.46 bits per heavy atom. The van der Waals surface area contributed by atoms with Gasteiger partial charge in [0.05, 0.1) is 0 Å². The number of carboxylic acid groups (broad SMARTS) is 1. The first-order valence-corrected chi connectivity index (χ1v) is 3.66. The normalized spacial score (nSPS) is 9.92. The molecule has 0 aromatic carbocycles. The van der Waals surface area contributed by atoms with Gasteiger partial charge in [-0.25, -0.2) is 9.78 Å². The standard InChI is InChI=1S/C8H10N2O2.ClH/c1-2-10-6-5-9-7(10)3-4-8(11)12;/h3-6H,2H2,1H3,(H,11,12);1H. The van der Waals surface area contributed by atoms with E-state index in [1.807, 2.05) is 17.7 Å². The third kappa shape index (κ3) is 3.29. The number of imidazole rings is 1. The van der Waals surface area contributed by atoms with Crippen LogP contribution in [0.1, 0.15) is 12.7 Å². The summed E-state index contributed by atoms with van der Waals surface area (Å²) in [7, 11) is 0. The van der Waals surface area contributed by atoms with E-state index in [1.165, 1.54) is 6.08 Å². The zero-order chi connectivity index (χ0) is 8.97. The van der Waals surface area contributed by atoms with Gasteiger partial charge < -0.3 is 9.67 Å². The first kappa shape index (κ1) is 11.7. The van der Waals surface area contributed by atoms with Crippen LogP contribution in [0.15, 0.2) is 18.5 Å². The van der Waals surface area contributed by atoms with E-state index in [-0.39, 0.29) is 12.4 Å². The van der Waals surface area contributed by atoms with Crippen LogP contribution in [0.2, 0.25) is 0 Å². The molecule has 1 aromatic rings. The van der Waals surface area contributed by atoms with Crippen LogP contribution in [0.25, 0.3) is 6.08 Å². The van der Waals surface area contributed by atoms with E-state index in [9.17, 15) is 4.79 Å². The van der Waals surface area contributed by atoms with Gasteiger partial charge in [0.15, 0.2) is 0 Å². The zero-order valence-electron chi connectivity index (χ0n) is 7.17. The number of rotatable bonds is 3. The molecule has 0 saturated carbocycles. The molecule has 0 saturated heterocycles. The van der Waals surface area contributed by atoms with Gasteiger partial charge in [-0.05, 0) is 13.0 Å². The van der Waals surface area contributed by atoms with Gasteiger partial charge >= 0.3 is 5.97 Å². The van der Waals surface area contributed by atoms with Gasteiger partial charge in [0, 0.05) is 25.0 Å². The molecule has 0 amide bonds. The van der Waals surface area contributed by atoms with Crippen LogP contribution in [0.5, 0.6) is 0 Å². The molecule has 0 radical (unpaired) electrons. The predicted octanol–water partition coefficient (Wildman–Crippen LogP) is 1.42. The van der Waals surface area contributed by atoms with Crippen LogP contribution >= 0.6 is 12.4 Å². The number of hydrogen-bond donors (Lipinski definition) is 1. The number of halogens is 1. The highest BCUT2D eigenvalue weighted by atomic mass is 35.5. The van der Waals surface area contributed by atoms with Crippen molar-refractivity contribution in [2.24, 2.45) is 0 Å². The molecule has 0 aliphatic rings. The molecule has 1 aromatic heterocycles. The Kier molecular flexibility index (Phi) is 4.84. The summed E-state index contributed by atoms with van der Waals surface area (Å²) >= 11 is 0. The summed E-state index contributed by atoms with van der Waals surface area (Å²) in [6.07, 6.45) is 6.01. The topological polar surface area (TPSA) is 55.1 Å². The fraction of sp³-hybridized carbons (Fsp3) is 0.250. The van der Waals surface area contributed by atoms with E-state index in [0.29, 0.717) is 5.82 Å². The maximum Gasteiger partial charge on any atom is 0.328 e. The van der Waals surface area contributed by atoms with Crippen molar-refractivity contribution in [1.82, 2.24) is 9.55 Å². The lowest BCUT2D eigenvalue weighted by atomic mass is 10.4. The minimum Gasteiger partial charge on any atom is -0.478 e. The second-order valence-electron chi connectivity index (χ2n) is 2.24. The lowest BCUT2D eigenvalue weighted by molar-refractivity contribution is -0.131. The van der Waals surface area contributed by atoms with Gasteiger partial charge in [-0.1, -0.05) is 0 Å². The Labute approximate surface area is 82.3 Å². The molecule has 0 aliphatic heterocycles. The van der Waals surface area contributed by atoms with Crippen LogP contribution in [0.3, 0.4) is 0 Å². The molecular weight excluding hydrogens is 192 g/mol. The van der Waals surface area contributed by atoms with Crippen molar-refractivity contribution in [3.63, 3.8) is 0 Å². The van der Waals surface area contributed by atoms with Gasteiger partial charge in [0.25, 0.3) is 0 Å². The van der Waals surface area contributed by atoms with E-state index in [2.05, 4.69) is 4.98 Å². The Morgan fingerprint density at radius 1 is 1.77 bits per heavy atom. The van der Waals surface area contributed by atoms with E-state index < -0.39 is 5.97 Å². The lowest BCUT2D eigenvalue weighted by Gasteiger charge is -1.97. The van der Waals surface area contributed by atoms with Gasteiger partial charge in [-0.3, -0.25) is 0 Å². The van der Waals surface area contributed by atoms with Crippen molar-refractivity contribution in [3.8, 4) is 0 Å². The molecular formula is C8H11ClN2O2. The van der Waals surface area contributed by atoms with Crippen LogP contribution < -0.4 is 0 Å². The number of aliphatic carboxylic acids is 1. The van der Waals surface area contributed by atoms with Gasteiger partial charge in [0.1, 0.15) is 5.82 Å². The highest BCUT2D eigenvalue weighted by Gasteiger charge is 1.95. The van der Waals surface area contributed by atoms with Gasteiger partial charge in [-0.15, -0.1) is 12.4 Å². The van der Waals surface area contributed by atoms with Crippen molar-refractivity contribution in [3.05, 3.63) is 24.3 Å². The molecule has 13 heavy (non-hydrogen) atoms. The predicted molar refractivity (Wildman–Crippen MR) is 51.8 cm³/mol. The number of aromatic nitrogens is 2. The number of carboxylic acids is 1. The Morgan fingerprint density at radius 3 is 3.00 bits per heavy atom. The smallest absolute Gasteiger partial charge is 0.328 e. The fourth-order valence-corrected chi connectivity index (χ4v) is 0.893. The summed E-state index contributed by atoms with van der Waals surface area (Å²) in [5, 5.41) is 8.35. The number of nitrogens with zero attached hydrogens (tertiary/aromatic N) is 2. The van der Waals surface area contributed by atoms with Gasteiger partial charge in [0.2, 0.25) is 0 Å². The second-order valence-corrected chi connectivity index (χ2v) is 2.24. The highest BCUT2D eigenvalue weighted by Crippen LogP contribution is 1.99. The molecule has 1 heterocycles. The summed E-state index contributed by atoms with van der Waals surface area (Å²) in [4.78, 5) is 14.1. The van der Waals surface area contributed by atoms with E-state index >= 15 is 0 Å². The summed E-state index contributed by atoms with van der Waals surface area (Å²) in [6, 6.07) is 0. The summed E-state index contributed by atoms with van der Waals surface area (Å²) in [5.74, 6) is -0.291. The summed E-state index contributed by atoms with van der Waals surface area (Å²) < 4.78 is 1.86. The average molecular weight is 203 g/mol. The van der Waals surface area contributed by atoms with E-state index in [1.54, 1.807) is 6.20 Å². The van der Waals surface area contributed by atoms with Crippen molar-refractivity contribution >= 4 is 24.5 Å². The van der Waals surface area contributed by atoms with E-state index in [0.717, 1.165) is 12.6 Å². The third-order valence-electron chi connectivity index (χ3n) is 1.46. The minimum absolute atomic E-state index is 0. The lowest BCUT2D eigenvalue weighted by Crippen LogP contribution is -1.96. The summed E-state index contributed by atoms with van der Waals surface area (Å²) in [5.41, 5.74) is 0. The van der Waals surface area contributed by atoms with Crippen LogP contribution in [-0.2, 0) is 11.3 Å². The van der Waals surface area contributed by atoms with Crippen LogP contribution in [0, 0.1) is 0 Å². The van der Waals surface area contributed by atoms with E-state index in [4.69, 9.17) is 5.11 Å². The fourth-order valence-electron chi connectivity index (χ4n) is 0.893. The quantitative estimate of drug-likeness (QED) is 0.755. The molecule has 4 nitrogen and oxygen atoms in total. The minimum atomic E-state index is -0.958. The maximum absolute atomic E-state index is 10.2. The largest absolute Gasteiger partial charge is 0.478 e. The second kappa shape index (κ2) is 5.37. The van der Waals surface area contributed by atoms with Crippen molar-refractivity contribution in [1.29, 1.82) is 0 Å². The number of hydrogen-bond acceptors (Lipinski definition) is 2. The molecule has 0 atom stereocenters. The molecule has 72 valence electrons. The molecule has 1 N–H and O–H groups in total. The van der Waals surface area contributed by atoms with Crippen molar-refractivity contribution < 1.29 is 9.90 Å². The Balaban J connectivity index is 0.00000144.